The van der Waals surface area contributed by atoms with Crippen LogP contribution in [0.4, 0.5) is 0 Å². The fourth-order valence-corrected chi connectivity index (χ4v) is 3.40. The molecule has 0 radical (unpaired) electrons. The smallest absolute Gasteiger partial charge is 0.0788 e. The number of aliphatic imine (C=N–C) groups is 2. The van der Waals surface area contributed by atoms with Crippen molar-refractivity contribution in [2.45, 2.75) is 20.4 Å². The first-order valence-corrected chi connectivity index (χ1v) is 10.4. The molecule has 0 heterocycles. The summed E-state index contributed by atoms with van der Waals surface area (Å²) in [5.74, 6) is 0. The summed E-state index contributed by atoms with van der Waals surface area (Å²) < 4.78 is 0. The minimum absolute atomic E-state index is 0.629. The molecule has 0 amide bonds. The molecule has 31 heavy (non-hydrogen) atoms. The molecule has 0 N–H and O–H groups in total. The van der Waals surface area contributed by atoms with Crippen LogP contribution < -0.4 is 0 Å². The summed E-state index contributed by atoms with van der Waals surface area (Å²) in [6.45, 7) is 12.4. The third kappa shape index (κ3) is 5.86. The zero-order valence-corrected chi connectivity index (χ0v) is 18.3. The topological polar surface area (TPSA) is 24.7 Å². The first kappa shape index (κ1) is 21.9. The second-order valence-corrected chi connectivity index (χ2v) is 7.38. The Balaban J connectivity index is 1.92. The van der Waals surface area contributed by atoms with E-state index in [1.807, 2.05) is 30.4 Å². The molecular weight excluding hydrogens is 376 g/mol. The molecule has 1 aliphatic rings. The standard InChI is InChI=1S/C29H28N2/c1-5-6-7-12-23(3)25-16-18-26(19-17-25)29(30-4)27-14-8-9-15-28(27)31-21-24-13-10-11-22(2)20-24/h5-20H,1,4,21H2,2-3H3/b7-6-,23-12+,29-27-,31-28?. The van der Waals surface area contributed by atoms with Gasteiger partial charge in [-0.05, 0) is 43.3 Å². The predicted molar refractivity (Wildman–Crippen MR) is 136 cm³/mol. The van der Waals surface area contributed by atoms with Crippen molar-refractivity contribution in [2.24, 2.45) is 9.98 Å². The number of hydrogen-bond donors (Lipinski definition) is 0. The van der Waals surface area contributed by atoms with Gasteiger partial charge in [0.1, 0.15) is 0 Å². The average molecular weight is 405 g/mol. The largest absolute Gasteiger partial charge is 0.280 e. The van der Waals surface area contributed by atoms with E-state index in [0.29, 0.717) is 6.54 Å². The lowest BCUT2D eigenvalue weighted by atomic mass is 9.97. The average Bonchev–Trinajstić information content (AvgIpc) is 2.79. The van der Waals surface area contributed by atoms with Crippen molar-refractivity contribution >= 4 is 23.7 Å². The number of benzene rings is 2. The zero-order chi connectivity index (χ0) is 22.1. The number of aryl methyl sites for hydroxylation is 1. The summed E-state index contributed by atoms with van der Waals surface area (Å²) in [4.78, 5) is 9.23. The van der Waals surface area contributed by atoms with Crippen molar-refractivity contribution in [3.8, 4) is 0 Å². The molecular formula is C29H28N2. The maximum atomic E-state index is 4.87. The number of allylic oxidation sites excluding steroid dienone is 10. The Morgan fingerprint density at radius 3 is 2.42 bits per heavy atom. The third-order valence-corrected chi connectivity index (χ3v) is 5.04. The van der Waals surface area contributed by atoms with Gasteiger partial charge in [0.25, 0.3) is 0 Å². The van der Waals surface area contributed by atoms with Crippen LogP contribution in [-0.2, 0) is 6.54 Å². The van der Waals surface area contributed by atoms with E-state index in [4.69, 9.17) is 4.99 Å². The van der Waals surface area contributed by atoms with Gasteiger partial charge in [-0.1, -0.05) is 103 Å². The zero-order valence-electron chi connectivity index (χ0n) is 18.3. The van der Waals surface area contributed by atoms with Crippen LogP contribution >= 0.6 is 0 Å². The molecule has 2 nitrogen and oxygen atoms in total. The molecule has 2 heteroatoms. The Morgan fingerprint density at radius 1 is 0.968 bits per heavy atom. The minimum Gasteiger partial charge on any atom is -0.280 e. The van der Waals surface area contributed by atoms with E-state index in [-0.39, 0.29) is 0 Å². The molecule has 0 saturated heterocycles. The highest BCUT2D eigenvalue weighted by atomic mass is 14.8. The van der Waals surface area contributed by atoms with Gasteiger partial charge in [-0.3, -0.25) is 9.98 Å². The molecule has 0 saturated carbocycles. The molecule has 0 aliphatic heterocycles. The van der Waals surface area contributed by atoms with Crippen molar-refractivity contribution in [3.63, 3.8) is 0 Å². The Labute approximate surface area is 185 Å². The molecule has 0 atom stereocenters. The summed E-state index contributed by atoms with van der Waals surface area (Å²) in [5, 5.41) is 0. The summed E-state index contributed by atoms with van der Waals surface area (Å²) >= 11 is 0. The van der Waals surface area contributed by atoms with Crippen molar-refractivity contribution in [2.75, 3.05) is 0 Å². The van der Waals surface area contributed by atoms with Crippen molar-refractivity contribution < 1.29 is 0 Å². The van der Waals surface area contributed by atoms with Gasteiger partial charge in [0.2, 0.25) is 0 Å². The number of nitrogens with zero attached hydrogens (tertiary/aromatic N) is 2. The molecule has 3 rings (SSSR count). The van der Waals surface area contributed by atoms with E-state index < -0.39 is 0 Å². The molecule has 0 unspecified atom stereocenters. The lowest BCUT2D eigenvalue weighted by Crippen LogP contribution is -2.04. The maximum Gasteiger partial charge on any atom is 0.0788 e. The molecule has 2 aromatic rings. The van der Waals surface area contributed by atoms with Crippen LogP contribution in [0.1, 0.15) is 29.2 Å². The molecule has 0 spiro atoms. The van der Waals surface area contributed by atoms with Gasteiger partial charge >= 0.3 is 0 Å². The molecule has 2 aromatic carbocycles. The quantitative estimate of drug-likeness (QED) is 0.341. The van der Waals surface area contributed by atoms with Crippen molar-refractivity contribution in [3.05, 3.63) is 132 Å². The highest BCUT2D eigenvalue weighted by Crippen LogP contribution is 2.26. The van der Waals surface area contributed by atoms with E-state index in [9.17, 15) is 0 Å². The SMILES string of the molecule is C=C/C=C\C=C(/C)c1ccc(/C(N=C)=C2\C=CC=CC2=NCc2cccc(C)c2)cc1. The van der Waals surface area contributed by atoms with Gasteiger partial charge in [-0.25, -0.2) is 0 Å². The van der Waals surface area contributed by atoms with Gasteiger partial charge < -0.3 is 0 Å². The summed E-state index contributed by atoms with van der Waals surface area (Å²) in [6.07, 6.45) is 15.9. The van der Waals surface area contributed by atoms with E-state index in [1.54, 1.807) is 6.08 Å². The molecule has 0 bridgehead atoms. The first-order chi connectivity index (χ1) is 15.1. The molecule has 1 aliphatic carbocycles. The number of rotatable bonds is 7. The Morgan fingerprint density at radius 2 is 1.71 bits per heavy atom. The highest BCUT2D eigenvalue weighted by molar-refractivity contribution is 6.16. The normalized spacial score (nSPS) is 16.7. The van der Waals surface area contributed by atoms with Crippen LogP contribution in [-0.4, -0.2) is 12.4 Å². The second-order valence-electron chi connectivity index (χ2n) is 7.38. The Hall–Kier alpha value is -3.78. The first-order valence-electron chi connectivity index (χ1n) is 10.4. The lowest BCUT2D eigenvalue weighted by molar-refractivity contribution is 1.06. The molecule has 0 fully saturated rings. The summed E-state index contributed by atoms with van der Waals surface area (Å²) in [5.41, 5.74) is 8.55. The van der Waals surface area contributed by atoms with Crippen LogP contribution in [0.5, 0.6) is 0 Å². The van der Waals surface area contributed by atoms with Gasteiger partial charge in [0, 0.05) is 11.1 Å². The van der Waals surface area contributed by atoms with Gasteiger partial charge in [-0.2, -0.15) is 0 Å². The minimum atomic E-state index is 0.629. The van der Waals surface area contributed by atoms with E-state index >= 15 is 0 Å². The Kier molecular flexibility index (Phi) is 7.67. The summed E-state index contributed by atoms with van der Waals surface area (Å²) in [6, 6.07) is 16.8. The van der Waals surface area contributed by atoms with Crippen molar-refractivity contribution in [1.29, 1.82) is 0 Å². The van der Waals surface area contributed by atoms with Crippen molar-refractivity contribution in [1.82, 2.24) is 0 Å². The van der Waals surface area contributed by atoms with Crippen LogP contribution in [0.25, 0.3) is 11.3 Å². The van der Waals surface area contributed by atoms with Gasteiger partial charge in [0.05, 0.1) is 18.0 Å². The van der Waals surface area contributed by atoms with E-state index in [0.717, 1.165) is 22.5 Å². The summed E-state index contributed by atoms with van der Waals surface area (Å²) in [7, 11) is 0. The number of hydrogen-bond acceptors (Lipinski definition) is 2. The van der Waals surface area contributed by atoms with Crippen LogP contribution in [0, 0.1) is 6.92 Å². The fraction of sp³-hybridized carbons (Fsp3) is 0.103. The Bertz CT molecular complexity index is 1130. The monoisotopic (exact) mass is 404 g/mol. The third-order valence-electron chi connectivity index (χ3n) is 5.04. The van der Waals surface area contributed by atoms with Crippen LogP contribution in [0.2, 0.25) is 0 Å². The van der Waals surface area contributed by atoms with Gasteiger partial charge in [-0.15, -0.1) is 0 Å². The van der Waals surface area contributed by atoms with Crippen LogP contribution in [0.15, 0.2) is 119 Å². The van der Waals surface area contributed by atoms with Crippen LogP contribution in [0.3, 0.4) is 0 Å². The fourth-order valence-electron chi connectivity index (χ4n) is 3.40. The second kappa shape index (κ2) is 10.8. The maximum absolute atomic E-state index is 4.87. The lowest BCUT2D eigenvalue weighted by Gasteiger charge is -2.13. The van der Waals surface area contributed by atoms with E-state index in [2.05, 4.69) is 92.8 Å². The van der Waals surface area contributed by atoms with E-state index in [1.165, 1.54) is 22.3 Å². The highest BCUT2D eigenvalue weighted by Gasteiger charge is 2.12. The predicted octanol–water partition coefficient (Wildman–Crippen LogP) is 7.32. The van der Waals surface area contributed by atoms with Gasteiger partial charge in [0.15, 0.2) is 0 Å². The molecule has 154 valence electrons. The molecule has 0 aromatic heterocycles.